The van der Waals surface area contributed by atoms with Crippen LogP contribution in [0.1, 0.15) is 0 Å². The minimum absolute atomic E-state index is 0.133. The van der Waals surface area contributed by atoms with Crippen molar-refractivity contribution in [3.8, 4) is 5.75 Å². The van der Waals surface area contributed by atoms with Crippen molar-refractivity contribution >= 4 is 40.4 Å². The van der Waals surface area contributed by atoms with Crippen molar-refractivity contribution in [2.45, 2.75) is 0 Å². The summed E-state index contributed by atoms with van der Waals surface area (Å²) >= 11 is 11.9. The van der Waals surface area contributed by atoms with Crippen LogP contribution >= 0.6 is 23.2 Å². The molecular formula is C15H17Cl2N5O. The van der Waals surface area contributed by atoms with Crippen LogP contribution in [0.4, 0.5) is 17.2 Å². The summed E-state index contributed by atoms with van der Waals surface area (Å²) in [6.45, 7) is 3.92. The lowest BCUT2D eigenvalue weighted by Gasteiger charge is -2.30. The molecule has 8 heteroatoms. The topological polar surface area (TPSA) is 62.3 Å². The first-order valence-corrected chi connectivity index (χ1v) is 8.02. The highest BCUT2D eigenvalue weighted by molar-refractivity contribution is 6.33. The second kappa shape index (κ2) is 7.21. The molecule has 1 fully saturated rings. The van der Waals surface area contributed by atoms with Crippen LogP contribution in [0.5, 0.6) is 5.75 Å². The minimum atomic E-state index is 0.133. The summed E-state index contributed by atoms with van der Waals surface area (Å²) in [5, 5.41) is 7.01. The number of ether oxygens (including phenoxy) is 1. The Bertz CT molecular complexity index is 692. The third kappa shape index (κ3) is 3.77. The first-order valence-electron chi connectivity index (χ1n) is 7.26. The highest BCUT2D eigenvalue weighted by Crippen LogP contribution is 2.33. The van der Waals surface area contributed by atoms with Gasteiger partial charge in [0.25, 0.3) is 0 Å². The molecule has 6 nitrogen and oxygen atoms in total. The van der Waals surface area contributed by atoms with Gasteiger partial charge in [-0.05, 0) is 23.7 Å². The Balaban J connectivity index is 1.86. The molecule has 0 spiro atoms. The summed E-state index contributed by atoms with van der Waals surface area (Å²) in [5.41, 5.74) is 1.89. The number of aromatic nitrogens is 2. The van der Waals surface area contributed by atoms with Crippen molar-refractivity contribution < 1.29 is 4.74 Å². The summed E-state index contributed by atoms with van der Waals surface area (Å²) in [6, 6.07) is 6.00. The summed E-state index contributed by atoms with van der Waals surface area (Å²) in [4.78, 5) is 10.2. The Morgan fingerprint density at radius 3 is 2.78 bits per heavy atom. The fraction of sp³-hybridized carbons (Fsp3) is 0.333. The van der Waals surface area contributed by atoms with Gasteiger partial charge in [0.2, 0.25) is 5.28 Å². The van der Waals surface area contributed by atoms with E-state index in [9.17, 15) is 0 Å². The molecule has 23 heavy (non-hydrogen) atoms. The molecule has 1 aromatic carbocycles. The third-order valence-corrected chi connectivity index (χ3v) is 4.09. The number of nitrogens with zero attached hydrogens (tertiary/aromatic N) is 3. The van der Waals surface area contributed by atoms with Gasteiger partial charge < -0.3 is 20.3 Å². The molecule has 0 amide bonds. The van der Waals surface area contributed by atoms with E-state index in [1.807, 2.05) is 18.2 Å². The first-order chi connectivity index (χ1) is 11.2. The maximum atomic E-state index is 6.09. The molecule has 2 aromatic rings. The number of piperazine rings is 1. The number of methoxy groups -OCH3 is 1. The zero-order valence-electron chi connectivity index (χ0n) is 12.6. The standard InChI is InChI=1S/C15H17Cl2N5O/c1-23-13-8-10(22-6-4-18-5-7-22)2-3-12(13)20-14-11(16)9-19-15(17)21-14/h2-3,8-9,18H,4-7H2,1H3,(H,19,20,21). The van der Waals surface area contributed by atoms with E-state index in [-0.39, 0.29) is 5.28 Å². The maximum Gasteiger partial charge on any atom is 0.224 e. The number of hydrogen-bond acceptors (Lipinski definition) is 6. The lowest BCUT2D eigenvalue weighted by molar-refractivity contribution is 0.416. The summed E-state index contributed by atoms with van der Waals surface area (Å²) in [5.74, 6) is 1.16. The van der Waals surface area contributed by atoms with Crippen LogP contribution in [0, 0.1) is 0 Å². The van der Waals surface area contributed by atoms with Gasteiger partial charge >= 0.3 is 0 Å². The van der Waals surface area contributed by atoms with E-state index < -0.39 is 0 Å². The molecule has 1 aliphatic rings. The Hall–Kier alpha value is -1.76. The van der Waals surface area contributed by atoms with E-state index >= 15 is 0 Å². The number of anilines is 3. The normalized spacial score (nSPS) is 14.7. The molecule has 1 saturated heterocycles. The van der Waals surface area contributed by atoms with E-state index in [0.717, 1.165) is 37.6 Å². The zero-order valence-corrected chi connectivity index (χ0v) is 14.2. The third-order valence-electron chi connectivity index (χ3n) is 3.64. The van der Waals surface area contributed by atoms with Gasteiger partial charge in [0.15, 0.2) is 5.82 Å². The van der Waals surface area contributed by atoms with Gasteiger partial charge in [0, 0.05) is 37.9 Å². The van der Waals surface area contributed by atoms with Crippen molar-refractivity contribution in [2.24, 2.45) is 0 Å². The van der Waals surface area contributed by atoms with Gasteiger partial charge in [-0.15, -0.1) is 0 Å². The summed E-state index contributed by atoms with van der Waals surface area (Å²) in [7, 11) is 1.64. The van der Waals surface area contributed by atoms with E-state index in [0.29, 0.717) is 16.6 Å². The Kier molecular flexibility index (Phi) is 5.05. The van der Waals surface area contributed by atoms with E-state index in [2.05, 4.69) is 25.5 Å². The molecule has 0 radical (unpaired) electrons. The molecule has 0 atom stereocenters. The molecule has 0 aliphatic carbocycles. The Labute approximate surface area is 144 Å². The molecule has 0 unspecified atom stereocenters. The van der Waals surface area contributed by atoms with E-state index in [1.54, 1.807) is 7.11 Å². The van der Waals surface area contributed by atoms with Crippen LogP contribution in [0.2, 0.25) is 10.3 Å². The number of benzene rings is 1. The van der Waals surface area contributed by atoms with E-state index in [4.69, 9.17) is 27.9 Å². The van der Waals surface area contributed by atoms with Gasteiger partial charge in [-0.2, -0.15) is 4.98 Å². The highest BCUT2D eigenvalue weighted by atomic mass is 35.5. The second-order valence-electron chi connectivity index (χ2n) is 5.08. The molecule has 3 rings (SSSR count). The number of hydrogen-bond donors (Lipinski definition) is 2. The lowest BCUT2D eigenvalue weighted by Crippen LogP contribution is -2.43. The maximum absolute atomic E-state index is 6.09. The molecular weight excluding hydrogens is 337 g/mol. The number of rotatable bonds is 4. The largest absolute Gasteiger partial charge is 0.494 e. The smallest absolute Gasteiger partial charge is 0.224 e. The molecule has 1 aliphatic heterocycles. The predicted octanol–water partition coefficient (Wildman–Crippen LogP) is 2.95. The quantitative estimate of drug-likeness (QED) is 0.824. The van der Waals surface area contributed by atoms with Gasteiger partial charge in [0.1, 0.15) is 10.8 Å². The van der Waals surface area contributed by atoms with Crippen molar-refractivity contribution in [1.29, 1.82) is 0 Å². The van der Waals surface area contributed by atoms with Gasteiger partial charge in [-0.3, -0.25) is 0 Å². The monoisotopic (exact) mass is 353 g/mol. The molecule has 1 aromatic heterocycles. The van der Waals surface area contributed by atoms with Crippen LogP contribution in [0.3, 0.4) is 0 Å². The molecule has 0 saturated carbocycles. The molecule has 122 valence electrons. The molecule has 0 bridgehead atoms. The van der Waals surface area contributed by atoms with Crippen molar-refractivity contribution in [1.82, 2.24) is 15.3 Å². The summed E-state index contributed by atoms with van der Waals surface area (Å²) < 4.78 is 5.49. The van der Waals surface area contributed by atoms with Gasteiger partial charge in [-0.1, -0.05) is 11.6 Å². The van der Waals surface area contributed by atoms with Crippen molar-refractivity contribution in [2.75, 3.05) is 43.5 Å². The number of nitrogens with one attached hydrogen (secondary N) is 2. The molecule has 2 heterocycles. The lowest BCUT2D eigenvalue weighted by atomic mass is 10.2. The van der Waals surface area contributed by atoms with Crippen LogP contribution in [0.15, 0.2) is 24.4 Å². The zero-order chi connectivity index (χ0) is 16.2. The highest BCUT2D eigenvalue weighted by Gasteiger charge is 2.14. The SMILES string of the molecule is COc1cc(N2CCNCC2)ccc1Nc1nc(Cl)ncc1Cl. The predicted molar refractivity (Wildman–Crippen MR) is 93.4 cm³/mol. The van der Waals surface area contributed by atoms with Crippen molar-refractivity contribution in [3.63, 3.8) is 0 Å². The fourth-order valence-corrected chi connectivity index (χ4v) is 2.74. The Morgan fingerprint density at radius 2 is 2.04 bits per heavy atom. The van der Waals surface area contributed by atoms with E-state index in [1.165, 1.54) is 6.20 Å². The average Bonchev–Trinajstić information content (AvgIpc) is 2.59. The van der Waals surface area contributed by atoms with Crippen LogP contribution in [-0.2, 0) is 0 Å². The fourth-order valence-electron chi connectivity index (χ4n) is 2.46. The molecule has 2 N–H and O–H groups in total. The average molecular weight is 354 g/mol. The van der Waals surface area contributed by atoms with Crippen molar-refractivity contribution in [3.05, 3.63) is 34.7 Å². The van der Waals surface area contributed by atoms with Crippen LogP contribution in [-0.4, -0.2) is 43.3 Å². The van der Waals surface area contributed by atoms with Gasteiger partial charge in [0.05, 0.1) is 19.0 Å². The minimum Gasteiger partial charge on any atom is -0.494 e. The Morgan fingerprint density at radius 1 is 1.26 bits per heavy atom. The first kappa shape index (κ1) is 16.1. The van der Waals surface area contributed by atoms with Crippen LogP contribution in [0.25, 0.3) is 0 Å². The van der Waals surface area contributed by atoms with Gasteiger partial charge in [-0.25, -0.2) is 4.98 Å². The second-order valence-corrected chi connectivity index (χ2v) is 5.83. The summed E-state index contributed by atoms with van der Waals surface area (Å²) in [6.07, 6.45) is 1.46. The van der Waals surface area contributed by atoms with Crippen LogP contribution < -0.4 is 20.3 Å². The number of halogens is 2.